The van der Waals surface area contributed by atoms with Crippen LogP contribution in [0.5, 0.6) is 0 Å². The van der Waals surface area contributed by atoms with Gasteiger partial charge in [-0.05, 0) is 25.1 Å². The third-order valence-corrected chi connectivity index (χ3v) is 2.03. The SMILES string of the molecule is CC(C(=O)O)c1cc(Cl)ccc1F. The van der Waals surface area contributed by atoms with E-state index in [1.165, 1.54) is 19.1 Å². The maximum atomic E-state index is 13.1. The van der Waals surface area contributed by atoms with E-state index >= 15 is 0 Å². The van der Waals surface area contributed by atoms with Gasteiger partial charge >= 0.3 is 5.97 Å². The van der Waals surface area contributed by atoms with Gasteiger partial charge in [-0.25, -0.2) is 4.39 Å². The molecule has 1 aromatic carbocycles. The number of carboxylic acid groups (broad SMARTS) is 1. The molecule has 1 atom stereocenters. The fraction of sp³-hybridized carbons (Fsp3) is 0.222. The van der Waals surface area contributed by atoms with E-state index in [0.29, 0.717) is 5.02 Å². The average Bonchev–Trinajstić information content (AvgIpc) is 2.08. The molecule has 1 N–H and O–H groups in total. The number of hydrogen-bond donors (Lipinski definition) is 1. The van der Waals surface area contributed by atoms with Crippen molar-refractivity contribution in [3.8, 4) is 0 Å². The minimum absolute atomic E-state index is 0.111. The zero-order chi connectivity index (χ0) is 10.0. The predicted octanol–water partition coefficient (Wildman–Crippen LogP) is 2.67. The first-order valence-corrected chi connectivity index (χ1v) is 4.08. The molecule has 0 aromatic heterocycles. The summed E-state index contributed by atoms with van der Waals surface area (Å²) < 4.78 is 13.1. The summed E-state index contributed by atoms with van der Waals surface area (Å²) >= 11 is 5.61. The molecule has 1 rings (SSSR count). The van der Waals surface area contributed by atoms with Crippen molar-refractivity contribution in [3.05, 3.63) is 34.6 Å². The molecular formula is C9H8ClFO2. The lowest BCUT2D eigenvalue weighted by atomic mass is 10.0. The van der Waals surface area contributed by atoms with E-state index in [1.807, 2.05) is 0 Å². The molecule has 70 valence electrons. The number of carboxylic acids is 1. The summed E-state index contributed by atoms with van der Waals surface area (Å²) in [6, 6.07) is 3.88. The highest BCUT2D eigenvalue weighted by Gasteiger charge is 2.17. The van der Waals surface area contributed by atoms with Gasteiger partial charge in [-0.15, -0.1) is 0 Å². The van der Waals surface area contributed by atoms with Crippen LogP contribution in [-0.4, -0.2) is 11.1 Å². The van der Waals surface area contributed by atoms with Crippen LogP contribution >= 0.6 is 11.6 Å². The zero-order valence-corrected chi connectivity index (χ0v) is 7.68. The van der Waals surface area contributed by atoms with E-state index < -0.39 is 17.7 Å². The maximum Gasteiger partial charge on any atom is 0.310 e. The summed E-state index contributed by atoms with van der Waals surface area (Å²) in [7, 11) is 0. The summed E-state index contributed by atoms with van der Waals surface area (Å²) in [6.45, 7) is 1.41. The first kappa shape index (κ1) is 9.99. The van der Waals surface area contributed by atoms with Crippen LogP contribution in [0.1, 0.15) is 18.4 Å². The van der Waals surface area contributed by atoms with Crippen molar-refractivity contribution in [2.75, 3.05) is 0 Å². The van der Waals surface area contributed by atoms with Gasteiger partial charge in [-0.3, -0.25) is 4.79 Å². The van der Waals surface area contributed by atoms with Gasteiger partial charge in [-0.1, -0.05) is 11.6 Å². The summed E-state index contributed by atoms with van der Waals surface area (Å²) in [4.78, 5) is 10.6. The molecule has 13 heavy (non-hydrogen) atoms. The standard InChI is InChI=1S/C9H8ClFO2/c1-5(9(12)13)7-4-6(10)2-3-8(7)11/h2-5H,1H3,(H,12,13). The molecule has 0 aliphatic rings. The average molecular weight is 203 g/mol. The van der Waals surface area contributed by atoms with Gasteiger partial charge in [0.25, 0.3) is 0 Å². The molecule has 0 heterocycles. The Morgan fingerprint density at radius 2 is 2.23 bits per heavy atom. The van der Waals surface area contributed by atoms with E-state index in [-0.39, 0.29) is 5.56 Å². The van der Waals surface area contributed by atoms with Gasteiger partial charge in [0.05, 0.1) is 5.92 Å². The number of hydrogen-bond acceptors (Lipinski definition) is 1. The van der Waals surface area contributed by atoms with E-state index in [1.54, 1.807) is 0 Å². The van der Waals surface area contributed by atoms with Crippen LogP contribution < -0.4 is 0 Å². The van der Waals surface area contributed by atoms with Crippen molar-refractivity contribution in [1.82, 2.24) is 0 Å². The van der Waals surface area contributed by atoms with Gasteiger partial charge in [0.15, 0.2) is 0 Å². The van der Waals surface area contributed by atoms with Gasteiger partial charge in [0.2, 0.25) is 0 Å². The second-order valence-electron chi connectivity index (χ2n) is 2.73. The van der Waals surface area contributed by atoms with Gasteiger partial charge in [0.1, 0.15) is 5.82 Å². The first-order chi connectivity index (χ1) is 6.02. The fourth-order valence-corrected chi connectivity index (χ4v) is 1.16. The van der Waals surface area contributed by atoms with Crippen LogP contribution in [0.3, 0.4) is 0 Å². The highest BCUT2D eigenvalue weighted by atomic mass is 35.5. The van der Waals surface area contributed by atoms with E-state index in [0.717, 1.165) is 6.07 Å². The van der Waals surface area contributed by atoms with Crippen molar-refractivity contribution >= 4 is 17.6 Å². The lowest BCUT2D eigenvalue weighted by Crippen LogP contribution is -2.09. The number of rotatable bonds is 2. The highest BCUT2D eigenvalue weighted by Crippen LogP contribution is 2.22. The van der Waals surface area contributed by atoms with Gasteiger partial charge in [-0.2, -0.15) is 0 Å². The summed E-state index contributed by atoms with van der Waals surface area (Å²) in [5.74, 6) is -2.49. The summed E-state index contributed by atoms with van der Waals surface area (Å²) in [6.07, 6.45) is 0. The third-order valence-electron chi connectivity index (χ3n) is 1.79. The Labute approximate surface area is 80.0 Å². The minimum Gasteiger partial charge on any atom is -0.481 e. The number of aliphatic carboxylic acids is 1. The Balaban J connectivity index is 3.12. The van der Waals surface area contributed by atoms with Crippen LogP contribution in [0.25, 0.3) is 0 Å². The lowest BCUT2D eigenvalue weighted by Gasteiger charge is -2.07. The van der Waals surface area contributed by atoms with Crippen molar-refractivity contribution in [3.63, 3.8) is 0 Å². The van der Waals surface area contributed by atoms with E-state index in [4.69, 9.17) is 16.7 Å². The molecule has 0 aliphatic carbocycles. The monoisotopic (exact) mass is 202 g/mol. The molecule has 4 heteroatoms. The Hall–Kier alpha value is -1.09. The van der Waals surface area contributed by atoms with Crippen molar-refractivity contribution in [2.24, 2.45) is 0 Å². The Morgan fingerprint density at radius 3 is 2.77 bits per heavy atom. The molecule has 1 aromatic rings. The number of halogens is 2. The van der Waals surface area contributed by atoms with Crippen LogP contribution in [-0.2, 0) is 4.79 Å². The second kappa shape index (κ2) is 3.75. The van der Waals surface area contributed by atoms with Crippen molar-refractivity contribution < 1.29 is 14.3 Å². The normalized spacial score (nSPS) is 12.5. The van der Waals surface area contributed by atoms with Gasteiger partial charge < -0.3 is 5.11 Å². The predicted molar refractivity (Wildman–Crippen MR) is 47.5 cm³/mol. The third kappa shape index (κ3) is 2.18. The summed E-state index contributed by atoms with van der Waals surface area (Å²) in [5.41, 5.74) is 0.111. The lowest BCUT2D eigenvalue weighted by molar-refractivity contribution is -0.138. The molecule has 2 nitrogen and oxygen atoms in total. The molecule has 1 unspecified atom stereocenters. The molecule has 0 saturated heterocycles. The number of carbonyl (C=O) groups is 1. The topological polar surface area (TPSA) is 37.3 Å². The molecule has 0 amide bonds. The molecule has 0 saturated carbocycles. The molecule has 0 bridgehead atoms. The molecule has 0 radical (unpaired) electrons. The molecule has 0 aliphatic heterocycles. The van der Waals surface area contributed by atoms with Crippen LogP contribution in [0.4, 0.5) is 4.39 Å². The number of benzene rings is 1. The Kier molecular flexibility index (Phi) is 2.88. The largest absolute Gasteiger partial charge is 0.481 e. The maximum absolute atomic E-state index is 13.1. The van der Waals surface area contributed by atoms with Crippen LogP contribution in [0.15, 0.2) is 18.2 Å². The highest BCUT2D eigenvalue weighted by molar-refractivity contribution is 6.30. The molecule has 0 fully saturated rings. The first-order valence-electron chi connectivity index (χ1n) is 3.70. The zero-order valence-electron chi connectivity index (χ0n) is 6.92. The van der Waals surface area contributed by atoms with Crippen molar-refractivity contribution in [2.45, 2.75) is 12.8 Å². The Bertz CT molecular complexity index is 338. The fourth-order valence-electron chi connectivity index (χ4n) is 0.979. The molecular weight excluding hydrogens is 195 g/mol. The van der Waals surface area contributed by atoms with Crippen LogP contribution in [0, 0.1) is 5.82 Å². The summed E-state index contributed by atoms with van der Waals surface area (Å²) in [5, 5.41) is 8.98. The minimum atomic E-state index is -1.07. The Morgan fingerprint density at radius 1 is 1.62 bits per heavy atom. The smallest absolute Gasteiger partial charge is 0.310 e. The van der Waals surface area contributed by atoms with E-state index in [2.05, 4.69) is 0 Å². The van der Waals surface area contributed by atoms with Crippen molar-refractivity contribution in [1.29, 1.82) is 0 Å². The van der Waals surface area contributed by atoms with E-state index in [9.17, 15) is 9.18 Å². The quantitative estimate of drug-likeness (QED) is 0.801. The molecule has 0 spiro atoms. The van der Waals surface area contributed by atoms with Crippen LogP contribution in [0.2, 0.25) is 5.02 Å². The van der Waals surface area contributed by atoms with Gasteiger partial charge in [0, 0.05) is 10.6 Å². The second-order valence-corrected chi connectivity index (χ2v) is 3.16.